The van der Waals surface area contributed by atoms with Crippen molar-refractivity contribution < 1.29 is 14.7 Å². The molecule has 0 aromatic carbocycles. The number of carbonyl (C=O) groups is 2. The number of nitrogens with zero attached hydrogens (tertiary/aromatic N) is 1. The molecule has 3 atom stereocenters. The van der Waals surface area contributed by atoms with Crippen LogP contribution in [0.5, 0.6) is 0 Å². The molecule has 4 heteroatoms. The number of hydrogen-bond donors (Lipinski definition) is 1. The zero-order valence-corrected chi connectivity index (χ0v) is 10.4. The standard InChI is InChI=1S/C13H21NO3/c1-2-9(7-8-15)14-12(16)10-5-3-4-6-11(10)13(14)17/h9-11,15H,2-8H2,1H3. The summed E-state index contributed by atoms with van der Waals surface area (Å²) in [5.74, 6) is -0.104. The Hall–Kier alpha value is -0.900. The Kier molecular flexibility index (Phi) is 3.82. The lowest BCUT2D eigenvalue weighted by atomic mass is 9.81. The highest BCUT2D eigenvalue weighted by molar-refractivity contribution is 6.05. The van der Waals surface area contributed by atoms with Crippen LogP contribution in [0.15, 0.2) is 0 Å². The zero-order chi connectivity index (χ0) is 12.4. The van der Waals surface area contributed by atoms with Gasteiger partial charge in [-0.25, -0.2) is 0 Å². The van der Waals surface area contributed by atoms with E-state index in [1.807, 2.05) is 6.92 Å². The summed E-state index contributed by atoms with van der Waals surface area (Å²) in [6.07, 6.45) is 5.09. The number of rotatable bonds is 4. The molecule has 1 saturated carbocycles. The van der Waals surface area contributed by atoms with Gasteiger partial charge in [0.25, 0.3) is 0 Å². The molecule has 0 bridgehead atoms. The van der Waals surface area contributed by atoms with E-state index in [-0.39, 0.29) is 36.3 Å². The topological polar surface area (TPSA) is 57.6 Å². The molecule has 0 radical (unpaired) electrons. The largest absolute Gasteiger partial charge is 0.396 e. The molecular formula is C13H21NO3. The Morgan fingerprint density at radius 2 is 1.76 bits per heavy atom. The molecule has 1 heterocycles. The highest BCUT2D eigenvalue weighted by Crippen LogP contribution is 2.39. The first-order chi connectivity index (χ1) is 8.20. The Labute approximate surface area is 102 Å². The van der Waals surface area contributed by atoms with Crippen LogP contribution in [0.3, 0.4) is 0 Å². The molecule has 2 rings (SSSR count). The van der Waals surface area contributed by atoms with Gasteiger partial charge < -0.3 is 5.11 Å². The first-order valence-corrected chi connectivity index (χ1v) is 6.68. The minimum absolute atomic E-state index is 0.0139. The Morgan fingerprint density at radius 1 is 1.24 bits per heavy atom. The lowest BCUT2D eigenvalue weighted by molar-refractivity contribution is -0.143. The highest BCUT2D eigenvalue weighted by atomic mass is 16.3. The van der Waals surface area contributed by atoms with Crippen LogP contribution in [0.4, 0.5) is 0 Å². The monoisotopic (exact) mass is 239 g/mol. The molecule has 0 spiro atoms. The van der Waals surface area contributed by atoms with Crippen molar-refractivity contribution in [3.05, 3.63) is 0 Å². The van der Waals surface area contributed by atoms with Crippen molar-refractivity contribution in [2.24, 2.45) is 11.8 Å². The number of amides is 2. The van der Waals surface area contributed by atoms with Gasteiger partial charge in [-0.1, -0.05) is 19.8 Å². The lowest BCUT2D eigenvalue weighted by Gasteiger charge is -2.25. The maximum Gasteiger partial charge on any atom is 0.233 e. The fourth-order valence-corrected chi connectivity index (χ4v) is 3.21. The van der Waals surface area contributed by atoms with E-state index < -0.39 is 0 Å². The van der Waals surface area contributed by atoms with Crippen LogP contribution in [0.2, 0.25) is 0 Å². The molecule has 1 aliphatic carbocycles. The van der Waals surface area contributed by atoms with E-state index in [1.54, 1.807) is 0 Å². The molecule has 2 aliphatic rings. The molecule has 2 amide bonds. The maximum atomic E-state index is 12.2. The van der Waals surface area contributed by atoms with Crippen LogP contribution in [-0.4, -0.2) is 34.5 Å². The summed E-state index contributed by atoms with van der Waals surface area (Å²) in [5, 5.41) is 9.01. The predicted molar refractivity (Wildman–Crippen MR) is 63.1 cm³/mol. The second-order valence-electron chi connectivity index (χ2n) is 5.12. The van der Waals surface area contributed by atoms with Gasteiger partial charge >= 0.3 is 0 Å². The Balaban J connectivity index is 2.17. The summed E-state index contributed by atoms with van der Waals surface area (Å²) in [4.78, 5) is 26.0. The number of fused-ring (bicyclic) bond motifs is 1. The number of carbonyl (C=O) groups excluding carboxylic acids is 2. The minimum atomic E-state index is -0.106. The van der Waals surface area contributed by atoms with Crippen LogP contribution in [0.1, 0.15) is 45.4 Å². The van der Waals surface area contributed by atoms with Crippen molar-refractivity contribution in [1.29, 1.82) is 0 Å². The average molecular weight is 239 g/mol. The van der Waals surface area contributed by atoms with E-state index in [9.17, 15) is 9.59 Å². The van der Waals surface area contributed by atoms with Gasteiger partial charge in [0, 0.05) is 12.6 Å². The van der Waals surface area contributed by atoms with Gasteiger partial charge in [-0.3, -0.25) is 14.5 Å². The molecule has 0 aromatic rings. The fraction of sp³-hybridized carbons (Fsp3) is 0.846. The first kappa shape index (κ1) is 12.6. The molecule has 1 aliphatic heterocycles. The third kappa shape index (κ3) is 2.10. The van der Waals surface area contributed by atoms with Crippen LogP contribution >= 0.6 is 0 Å². The highest BCUT2D eigenvalue weighted by Gasteiger charge is 2.49. The van der Waals surface area contributed by atoms with E-state index in [1.165, 1.54) is 4.90 Å². The Bertz CT molecular complexity index is 292. The lowest BCUT2D eigenvalue weighted by Crippen LogP contribution is -2.40. The van der Waals surface area contributed by atoms with Crippen LogP contribution in [-0.2, 0) is 9.59 Å². The van der Waals surface area contributed by atoms with Crippen LogP contribution in [0.25, 0.3) is 0 Å². The summed E-state index contributed by atoms with van der Waals surface area (Å²) in [5.41, 5.74) is 0. The molecule has 0 aromatic heterocycles. The van der Waals surface area contributed by atoms with Crippen molar-refractivity contribution in [3.8, 4) is 0 Å². The van der Waals surface area contributed by atoms with Gasteiger partial charge in [-0.15, -0.1) is 0 Å². The summed E-state index contributed by atoms with van der Waals surface area (Å²) >= 11 is 0. The average Bonchev–Trinajstić information content (AvgIpc) is 2.61. The Morgan fingerprint density at radius 3 is 2.18 bits per heavy atom. The van der Waals surface area contributed by atoms with Crippen molar-refractivity contribution >= 4 is 11.8 Å². The quantitative estimate of drug-likeness (QED) is 0.753. The third-order valence-corrected chi connectivity index (χ3v) is 4.17. The third-order valence-electron chi connectivity index (χ3n) is 4.17. The molecule has 4 nitrogen and oxygen atoms in total. The molecule has 17 heavy (non-hydrogen) atoms. The number of hydrogen-bond acceptors (Lipinski definition) is 3. The number of imide groups is 1. The van der Waals surface area contributed by atoms with Gasteiger partial charge in [-0.05, 0) is 25.7 Å². The summed E-state index contributed by atoms with van der Waals surface area (Å²) in [7, 11) is 0. The van der Waals surface area contributed by atoms with E-state index in [2.05, 4.69) is 0 Å². The van der Waals surface area contributed by atoms with E-state index >= 15 is 0 Å². The number of likely N-dealkylation sites (tertiary alicyclic amines) is 1. The normalized spacial score (nSPS) is 30.6. The SMILES string of the molecule is CCC(CCO)N1C(=O)C2CCCCC2C1=O. The van der Waals surface area contributed by atoms with Crippen LogP contribution in [0, 0.1) is 11.8 Å². The van der Waals surface area contributed by atoms with Gasteiger partial charge in [0.1, 0.15) is 0 Å². The van der Waals surface area contributed by atoms with Crippen molar-refractivity contribution in [3.63, 3.8) is 0 Å². The van der Waals surface area contributed by atoms with Gasteiger partial charge in [0.2, 0.25) is 11.8 Å². The molecule has 1 N–H and O–H groups in total. The molecule has 3 unspecified atom stereocenters. The molecule has 2 fully saturated rings. The summed E-state index contributed by atoms with van der Waals surface area (Å²) in [6.45, 7) is 1.99. The van der Waals surface area contributed by atoms with E-state index in [0.29, 0.717) is 6.42 Å². The van der Waals surface area contributed by atoms with E-state index in [4.69, 9.17) is 5.11 Å². The van der Waals surface area contributed by atoms with E-state index in [0.717, 1.165) is 32.1 Å². The second-order valence-corrected chi connectivity index (χ2v) is 5.12. The fourth-order valence-electron chi connectivity index (χ4n) is 3.21. The first-order valence-electron chi connectivity index (χ1n) is 6.68. The molecular weight excluding hydrogens is 218 g/mol. The minimum Gasteiger partial charge on any atom is -0.396 e. The van der Waals surface area contributed by atoms with Gasteiger partial charge in [-0.2, -0.15) is 0 Å². The van der Waals surface area contributed by atoms with Gasteiger partial charge in [0.05, 0.1) is 11.8 Å². The number of aliphatic hydroxyl groups is 1. The summed E-state index contributed by atoms with van der Waals surface area (Å²) in [6, 6.07) is -0.106. The zero-order valence-electron chi connectivity index (χ0n) is 10.4. The maximum absolute atomic E-state index is 12.2. The predicted octanol–water partition coefficient (Wildman–Crippen LogP) is 1.32. The van der Waals surface area contributed by atoms with Crippen molar-refractivity contribution in [2.45, 2.75) is 51.5 Å². The number of aliphatic hydroxyl groups excluding tert-OH is 1. The van der Waals surface area contributed by atoms with Crippen molar-refractivity contribution in [2.75, 3.05) is 6.61 Å². The van der Waals surface area contributed by atoms with Crippen molar-refractivity contribution in [1.82, 2.24) is 4.90 Å². The molecule has 1 saturated heterocycles. The molecule has 96 valence electrons. The smallest absolute Gasteiger partial charge is 0.233 e. The van der Waals surface area contributed by atoms with Gasteiger partial charge in [0.15, 0.2) is 0 Å². The van der Waals surface area contributed by atoms with Crippen LogP contribution < -0.4 is 0 Å². The summed E-state index contributed by atoms with van der Waals surface area (Å²) < 4.78 is 0. The second kappa shape index (κ2) is 5.17.